The van der Waals surface area contributed by atoms with Crippen LogP contribution in [-0.2, 0) is 0 Å². The molecule has 1 heterocycles. The zero-order valence-electron chi connectivity index (χ0n) is 15.3. The van der Waals surface area contributed by atoms with Crippen molar-refractivity contribution in [1.82, 2.24) is 9.97 Å². The fourth-order valence-electron chi connectivity index (χ4n) is 2.60. The highest BCUT2D eigenvalue weighted by molar-refractivity contribution is 5.95. The number of ether oxygens (including phenoxy) is 2. The smallest absolute Gasteiger partial charge is 0.163 e. The molecule has 0 amide bonds. The molecule has 27 heavy (non-hydrogen) atoms. The van der Waals surface area contributed by atoms with E-state index >= 15 is 0 Å². The van der Waals surface area contributed by atoms with E-state index in [2.05, 4.69) is 15.3 Å². The molecule has 1 aromatic heterocycles. The molecule has 3 N–H and O–H groups in total. The van der Waals surface area contributed by atoms with Crippen molar-refractivity contribution in [3.8, 4) is 22.9 Å². The standard InChI is InChI=1S/C20H20N4O3/c1-12(25)13-5-4-6-15(9-13)22-19-11-18(21)23-20(24-19)14-7-8-16(26-2)17(10-14)27-3/h4-11H,1-3H3,(H3,21,22,23,24). The monoisotopic (exact) mass is 364 g/mol. The van der Waals surface area contributed by atoms with E-state index in [0.29, 0.717) is 34.5 Å². The van der Waals surface area contributed by atoms with Crippen LogP contribution < -0.4 is 20.5 Å². The van der Waals surface area contributed by atoms with Crippen molar-refractivity contribution in [2.24, 2.45) is 0 Å². The second kappa shape index (κ2) is 7.74. The molecule has 0 spiro atoms. The fraction of sp³-hybridized carbons (Fsp3) is 0.150. The van der Waals surface area contributed by atoms with Gasteiger partial charge in [-0.3, -0.25) is 4.79 Å². The van der Waals surface area contributed by atoms with Crippen LogP contribution in [0.3, 0.4) is 0 Å². The second-order valence-electron chi connectivity index (χ2n) is 5.83. The van der Waals surface area contributed by atoms with Crippen molar-refractivity contribution in [2.45, 2.75) is 6.92 Å². The highest BCUT2D eigenvalue weighted by atomic mass is 16.5. The number of nitrogens with zero attached hydrogens (tertiary/aromatic N) is 2. The third-order valence-corrected chi connectivity index (χ3v) is 3.93. The Labute approximate surface area is 157 Å². The second-order valence-corrected chi connectivity index (χ2v) is 5.83. The number of hydrogen-bond acceptors (Lipinski definition) is 7. The summed E-state index contributed by atoms with van der Waals surface area (Å²) in [5.41, 5.74) is 8.04. The summed E-state index contributed by atoms with van der Waals surface area (Å²) >= 11 is 0. The number of Topliss-reactive ketones (excluding diaryl/α,β-unsaturated/α-hetero) is 1. The molecule has 3 rings (SSSR count). The van der Waals surface area contributed by atoms with Gasteiger partial charge in [0.1, 0.15) is 11.6 Å². The highest BCUT2D eigenvalue weighted by Crippen LogP contribution is 2.32. The van der Waals surface area contributed by atoms with Gasteiger partial charge >= 0.3 is 0 Å². The summed E-state index contributed by atoms with van der Waals surface area (Å²) in [6.07, 6.45) is 0. The van der Waals surface area contributed by atoms with Gasteiger partial charge in [-0.15, -0.1) is 0 Å². The topological polar surface area (TPSA) is 99.4 Å². The van der Waals surface area contributed by atoms with E-state index in [9.17, 15) is 4.79 Å². The van der Waals surface area contributed by atoms with Gasteiger partial charge in [0, 0.05) is 22.9 Å². The molecule has 7 nitrogen and oxygen atoms in total. The summed E-state index contributed by atoms with van der Waals surface area (Å²) in [6.45, 7) is 1.52. The van der Waals surface area contributed by atoms with Gasteiger partial charge in [0.25, 0.3) is 0 Å². The van der Waals surface area contributed by atoms with Crippen molar-refractivity contribution in [1.29, 1.82) is 0 Å². The van der Waals surface area contributed by atoms with Crippen LogP contribution in [0.5, 0.6) is 11.5 Å². The fourth-order valence-corrected chi connectivity index (χ4v) is 2.60. The third-order valence-electron chi connectivity index (χ3n) is 3.93. The summed E-state index contributed by atoms with van der Waals surface area (Å²) < 4.78 is 10.6. The minimum Gasteiger partial charge on any atom is -0.493 e. The summed E-state index contributed by atoms with van der Waals surface area (Å²) in [6, 6.07) is 14.2. The molecule has 3 aromatic rings. The lowest BCUT2D eigenvalue weighted by Gasteiger charge is -2.11. The number of nitrogen functional groups attached to an aromatic ring is 1. The molecule has 0 atom stereocenters. The Morgan fingerprint density at radius 1 is 1.00 bits per heavy atom. The Morgan fingerprint density at radius 2 is 1.78 bits per heavy atom. The van der Waals surface area contributed by atoms with Crippen LogP contribution in [-0.4, -0.2) is 30.0 Å². The van der Waals surface area contributed by atoms with Crippen molar-refractivity contribution >= 4 is 23.1 Å². The molecular weight excluding hydrogens is 344 g/mol. The van der Waals surface area contributed by atoms with Gasteiger partial charge in [-0.25, -0.2) is 9.97 Å². The molecule has 0 saturated heterocycles. The predicted molar refractivity (Wildman–Crippen MR) is 105 cm³/mol. The molecule has 0 fully saturated rings. The summed E-state index contributed by atoms with van der Waals surface area (Å²) in [5.74, 6) is 2.47. The number of hydrogen-bond donors (Lipinski definition) is 2. The molecule has 138 valence electrons. The molecule has 2 aromatic carbocycles. The quantitative estimate of drug-likeness (QED) is 0.644. The number of carbonyl (C=O) groups excluding carboxylic acids is 1. The highest BCUT2D eigenvalue weighted by Gasteiger charge is 2.11. The third kappa shape index (κ3) is 4.14. The van der Waals surface area contributed by atoms with Crippen LogP contribution in [0.2, 0.25) is 0 Å². The van der Waals surface area contributed by atoms with Gasteiger partial charge in [-0.05, 0) is 37.3 Å². The van der Waals surface area contributed by atoms with E-state index < -0.39 is 0 Å². The van der Waals surface area contributed by atoms with Gasteiger partial charge in [-0.2, -0.15) is 0 Å². The van der Waals surface area contributed by atoms with Gasteiger partial charge in [0.05, 0.1) is 14.2 Å². The number of anilines is 3. The number of carbonyl (C=O) groups is 1. The maximum atomic E-state index is 11.6. The Kier molecular flexibility index (Phi) is 5.21. The maximum Gasteiger partial charge on any atom is 0.163 e. The van der Waals surface area contributed by atoms with Crippen LogP contribution in [0.4, 0.5) is 17.3 Å². The summed E-state index contributed by atoms with van der Waals surface area (Å²) in [5, 5.41) is 3.16. The van der Waals surface area contributed by atoms with E-state index in [-0.39, 0.29) is 5.78 Å². The first-order valence-electron chi connectivity index (χ1n) is 8.25. The minimum atomic E-state index is -0.00753. The maximum absolute atomic E-state index is 11.6. The number of nitrogens with one attached hydrogen (secondary N) is 1. The molecule has 0 unspecified atom stereocenters. The van der Waals surface area contributed by atoms with Gasteiger partial charge < -0.3 is 20.5 Å². The average Bonchev–Trinajstić information content (AvgIpc) is 2.67. The largest absolute Gasteiger partial charge is 0.493 e. The molecule has 0 aliphatic rings. The van der Waals surface area contributed by atoms with Crippen molar-refractivity contribution in [3.63, 3.8) is 0 Å². The number of rotatable bonds is 6. The Hall–Kier alpha value is -3.61. The van der Waals surface area contributed by atoms with E-state index in [1.807, 2.05) is 12.1 Å². The molecule has 0 radical (unpaired) electrons. The predicted octanol–water partition coefficient (Wildman–Crippen LogP) is 3.69. The molecule has 7 heteroatoms. The van der Waals surface area contributed by atoms with Crippen LogP contribution in [0.15, 0.2) is 48.5 Å². The normalized spacial score (nSPS) is 10.3. The average molecular weight is 364 g/mol. The zero-order chi connectivity index (χ0) is 19.4. The van der Waals surface area contributed by atoms with Crippen molar-refractivity contribution < 1.29 is 14.3 Å². The number of nitrogens with two attached hydrogens (primary N) is 1. The lowest BCUT2D eigenvalue weighted by Crippen LogP contribution is -2.02. The lowest BCUT2D eigenvalue weighted by molar-refractivity contribution is 0.101. The van der Waals surface area contributed by atoms with Crippen LogP contribution in [0.25, 0.3) is 11.4 Å². The van der Waals surface area contributed by atoms with Crippen molar-refractivity contribution in [2.75, 3.05) is 25.3 Å². The number of benzene rings is 2. The molecular formula is C20H20N4O3. The van der Waals surface area contributed by atoms with Crippen LogP contribution in [0.1, 0.15) is 17.3 Å². The van der Waals surface area contributed by atoms with E-state index in [0.717, 1.165) is 11.3 Å². The zero-order valence-corrected chi connectivity index (χ0v) is 15.3. The molecule has 0 bridgehead atoms. The first-order chi connectivity index (χ1) is 13.0. The number of methoxy groups -OCH3 is 2. The Bertz CT molecular complexity index is 989. The number of aromatic nitrogens is 2. The SMILES string of the molecule is COc1ccc(-c2nc(N)cc(Nc3cccc(C(C)=O)c3)n2)cc1OC. The van der Waals surface area contributed by atoms with Crippen LogP contribution in [0, 0.1) is 0 Å². The van der Waals surface area contributed by atoms with E-state index in [4.69, 9.17) is 15.2 Å². The van der Waals surface area contributed by atoms with Crippen molar-refractivity contribution in [3.05, 3.63) is 54.1 Å². The summed E-state index contributed by atoms with van der Waals surface area (Å²) in [4.78, 5) is 20.4. The van der Waals surface area contributed by atoms with E-state index in [1.165, 1.54) is 6.92 Å². The first kappa shape index (κ1) is 18.2. The first-order valence-corrected chi connectivity index (χ1v) is 8.25. The molecule has 0 aliphatic heterocycles. The van der Waals surface area contributed by atoms with E-state index in [1.54, 1.807) is 50.6 Å². The Morgan fingerprint density at radius 3 is 2.48 bits per heavy atom. The minimum absolute atomic E-state index is 0.00753. The van der Waals surface area contributed by atoms with Gasteiger partial charge in [-0.1, -0.05) is 12.1 Å². The lowest BCUT2D eigenvalue weighted by atomic mass is 10.1. The van der Waals surface area contributed by atoms with Crippen LogP contribution >= 0.6 is 0 Å². The summed E-state index contributed by atoms with van der Waals surface area (Å²) in [7, 11) is 3.14. The van der Waals surface area contributed by atoms with Gasteiger partial charge in [0.15, 0.2) is 23.1 Å². The molecule has 0 saturated carbocycles. The number of ketones is 1. The Balaban J connectivity index is 1.95. The van der Waals surface area contributed by atoms with Gasteiger partial charge in [0.2, 0.25) is 0 Å². The molecule has 0 aliphatic carbocycles.